The van der Waals surface area contributed by atoms with E-state index in [0.29, 0.717) is 5.16 Å². The van der Waals surface area contributed by atoms with E-state index < -0.39 is 34.9 Å². The van der Waals surface area contributed by atoms with Gasteiger partial charge in [-0.25, -0.2) is 9.97 Å². The first kappa shape index (κ1) is 20.2. The fourth-order valence-corrected chi connectivity index (χ4v) is 2.74. The number of ether oxygens (including phenoxy) is 1. The van der Waals surface area contributed by atoms with Crippen LogP contribution in [0.4, 0.5) is 15.8 Å². The van der Waals surface area contributed by atoms with Gasteiger partial charge in [0.1, 0.15) is 0 Å². The summed E-state index contributed by atoms with van der Waals surface area (Å²) in [6.07, 6.45) is 0. The number of nitrogens with zero attached hydrogens (tertiary/aromatic N) is 3. The number of aryl methyl sites for hydroxylation is 2. The van der Waals surface area contributed by atoms with Crippen molar-refractivity contribution in [2.75, 3.05) is 17.7 Å². The number of nitro benzene ring substituents is 1. The van der Waals surface area contributed by atoms with Crippen LogP contribution in [0.15, 0.2) is 29.4 Å². The summed E-state index contributed by atoms with van der Waals surface area (Å²) in [4.78, 5) is 41.6. The Morgan fingerprint density at radius 3 is 2.56 bits per heavy atom. The fourth-order valence-electron chi connectivity index (χ4n) is 2.00. The van der Waals surface area contributed by atoms with E-state index >= 15 is 0 Å². The normalized spacial score (nSPS) is 10.3. The van der Waals surface area contributed by atoms with Crippen molar-refractivity contribution in [2.24, 2.45) is 0 Å². The van der Waals surface area contributed by atoms with Gasteiger partial charge < -0.3 is 10.1 Å². The monoisotopic (exact) mass is 394 g/mol. The molecule has 2 aromatic rings. The summed E-state index contributed by atoms with van der Waals surface area (Å²) in [5.74, 6) is -2.46. The van der Waals surface area contributed by atoms with Crippen molar-refractivity contribution in [2.45, 2.75) is 19.0 Å². The fraction of sp³-hybridized carbons (Fsp3) is 0.250. The number of anilines is 1. The van der Waals surface area contributed by atoms with Crippen LogP contribution in [0.2, 0.25) is 0 Å². The molecule has 9 nitrogen and oxygen atoms in total. The molecule has 0 aliphatic rings. The Kier molecular flexibility index (Phi) is 6.77. The summed E-state index contributed by atoms with van der Waals surface area (Å²) in [6, 6.07) is 4.70. The van der Waals surface area contributed by atoms with Crippen molar-refractivity contribution in [1.82, 2.24) is 9.97 Å². The molecule has 142 valence electrons. The third kappa shape index (κ3) is 6.29. The minimum atomic E-state index is -1.02. The lowest BCUT2D eigenvalue weighted by Gasteiger charge is -2.07. The Labute approximate surface area is 157 Å². The van der Waals surface area contributed by atoms with E-state index in [1.807, 2.05) is 0 Å². The summed E-state index contributed by atoms with van der Waals surface area (Å²) < 4.78 is 18.1. The molecule has 0 fully saturated rings. The SMILES string of the molecule is Cc1cc(C)nc(SCC(=O)OCC(=O)Nc2ccc(F)c([N+](=O)[O-])c2)n1. The molecule has 0 aliphatic heterocycles. The number of hydrogen-bond donors (Lipinski definition) is 1. The Hall–Kier alpha value is -3.08. The summed E-state index contributed by atoms with van der Waals surface area (Å²) in [5.41, 5.74) is 0.786. The Morgan fingerprint density at radius 2 is 1.93 bits per heavy atom. The van der Waals surface area contributed by atoms with Crippen LogP contribution in [0.5, 0.6) is 0 Å². The van der Waals surface area contributed by atoms with Crippen LogP contribution < -0.4 is 5.32 Å². The number of carbonyl (C=O) groups is 2. The van der Waals surface area contributed by atoms with E-state index in [1.54, 1.807) is 19.9 Å². The number of rotatable bonds is 7. The molecule has 27 heavy (non-hydrogen) atoms. The molecule has 11 heteroatoms. The second kappa shape index (κ2) is 9.03. The molecule has 1 aromatic carbocycles. The lowest BCUT2D eigenvalue weighted by atomic mass is 10.2. The molecule has 0 spiro atoms. The maximum atomic E-state index is 13.3. The van der Waals surface area contributed by atoms with E-state index in [0.717, 1.165) is 41.3 Å². The van der Waals surface area contributed by atoms with E-state index in [-0.39, 0.29) is 11.4 Å². The first-order chi connectivity index (χ1) is 12.7. The molecule has 0 radical (unpaired) electrons. The number of nitro groups is 1. The Morgan fingerprint density at radius 1 is 1.26 bits per heavy atom. The lowest BCUT2D eigenvalue weighted by molar-refractivity contribution is -0.387. The molecule has 0 bridgehead atoms. The molecule has 0 aliphatic carbocycles. The van der Waals surface area contributed by atoms with Crippen molar-refractivity contribution >= 4 is 35.0 Å². The van der Waals surface area contributed by atoms with Gasteiger partial charge in [-0.05, 0) is 32.0 Å². The zero-order valence-corrected chi connectivity index (χ0v) is 15.2. The summed E-state index contributed by atoms with van der Waals surface area (Å²) in [5, 5.41) is 13.4. The van der Waals surface area contributed by atoms with E-state index in [2.05, 4.69) is 15.3 Å². The molecule has 1 amide bonds. The van der Waals surface area contributed by atoms with Gasteiger partial charge >= 0.3 is 11.7 Å². The Bertz CT molecular complexity index is 873. The molecule has 1 aromatic heterocycles. The molecular weight excluding hydrogens is 379 g/mol. The highest BCUT2D eigenvalue weighted by Crippen LogP contribution is 2.21. The van der Waals surface area contributed by atoms with Crippen LogP contribution in [0, 0.1) is 29.8 Å². The second-order valence-corrected chi connectivity index (χ2v) is 6.30. The van der Waals surface area contributed by atoms with Crippen molar-refractivity contribution in [3.8, 4) is 0 Å². The first-order valence-corrected chi connectivity index (χ1v) is 8.57. The van der Waals surface area contributed by atoms with Gasteiger partial charge in [0.25, 0.3) is 5.91 Å². The number of esters is 1. The smallest absolute Gasteiger partial charge is 0.316 e. The summed E-state index contributed by atoms with van der Waals surface area (Å²) in [7, 11) is 0. The lowest BCUT2D eigenvalue weighted by Crippen LogP contribution is -2.21. The summed E-state index contributed by atoms with van der Waals surface area (Å²) >= 11 is 1.07. The van der Waals surface area contributed by atoms with Crippen LogP contribution >= 0.6 is 11.8 Å². The van der Waals surface area contributed by atoms with Gasteiger partial charge in [0, 0.05) is 23.1 Å². The number of amides is 1. The van der Waals surface area contributed by atoms with Gasteiger partial charge in [-0.2, -0.15) is 4.39 Å². The highest BCUT2D eigenvalue weighted by Gasteiger charge is 2.16. The van der Waals surface area contributed by atoms with E-state index in [4.69, 9.17) is 4.74 Å². The van der Waals surface area contributed by atoms with Crippen molar-refractivity contribution < 1.29 is 23.6 Å². The van der Waals surface area contributed by atoms with E-state index in [9.17, 15) is 24.1 Å². The van der Waals surface area contributed by atoms with Crippen LogP contribution in [-0.4, -0.2) is 39.1 Å². The number of benzene rings is 1. The maximum Gasteiger partial charge on any atom is 0.316 e. The van der Waals surface area contributed by atoms with Gasteiger partial charge in [0.2, 0.25) is 5.82 Å². The predicted molar refractivity (Wildman–Crippen MR) is 94.9 cm³/mol. The quantitative estimate of drug-likeness (QED) is 0.250. The average molecular weight is 394 g/mol. The molecule has 0 atom stereocenters. The zero-order valence-electron chi connectivity index (χ0n) is 14.4. The number of hydrogen-bond acceptors (Lipinski definition) is 8. The van der Waals surface area contributed by atoms with Crippen LogP contribution in [0.25, 0.3) is 0 Å². The zero-order chi connectivity index (χ0) is 20.0. The maximum absolute atomic E-state index is 13.3. The molecule has 0 saturated carbocycles. The average Bonchev–Trinajstić information content (AvgIpc) is 2.59. The van der Waals surface area contributed by atoms with Gasteiger partial charge in [0.05, 0.1) is 10.7 Å². The van der Waals surface area contributed by atoms with Crippen molar-refractivity contribution in [1.29, 1.82) is 0 Å². The highest BCUT2D eigenvalue weighted by molar-refractivity contribution is 7.99. The van der Waals surface area contributed by atoms with Crippen molar-refractivity contribution in [3.63, 3.8) is 0 Å². The number of aromatic nitrogens is 2. The third-order valence-electron chi connectivity index (χ3n) is 3.07. The second-order valence-electron chi connectivity index (χ2n) is 5.35. The van der Waals surface area contributed by atoms with Crippen LogP contribution in [-0.2, 0) is 14.3 Å². The topological polar surface area (TPSA) is 124 Å². The van der Waals surface area contributed by atoms with Gasteiger partial charge in [-0.3, -0.25) is 19.7 Å². The molecule has 1 N–H and O–H groups in total. The number of carbonyl (C=O) groups excluding carboxylic acids is 2. The van der Waals surface area contributed by atoms with Crippen molar-refractivity contribution in [3.05, 3.63) is 51.6 Å². The molecular formula is C16H15FN4O5S. The molecule has 1 heterocycles. The van der Waals surface area contributed by atoms with Crippen LogP contribution in [0.1, 0.15) is 11.4 Å². The van der Waals surface area contributed by atoms with Gasteiger partial charge in [-0.1, -0.05) is 11.8 Å². The van der Waals surface area contributed by atoms with Crippen LogP contribution in [0.3, 0.4) is 0 Å². The number of thioether (sulfide) groups is 1. The number of nitrogens with one attached hydrogen (secondary N) is 1. The minimum absolute atomic E-state index is 0.0159. The minimum Gasteiger partial charge on any atom is -0.455 e. The standard InChI is InChI=1S/C16H15FN4O5S/c1-9-5-10(2)19-16(18-9)27-8-15(23)26-7-14(22)20-11-3-4-12(17)13(6-11)21(24)25/h3-6H,7-8H2,1-2H3,(H,20,22). The third-order valence-corrected chi connectivity index (χ3v) is 3.89. The van der Waals surface area contributed by atoms with Gasteiger partial charge in [0.15, 0.2) is 11.8 Å². The number of halogens is 1. The Balaban J connectivity index is 1.82. The van der Waals surface area contributed by atoms with Gasteiger partial charge in [-0.15, -0.1) is 0 Å². The molecule has 0 saturated heterocycles. The highest BCUT2D eigenvalue weighted by atomic mass is 32.2. The first-order valence-electron chi connectivity index (χ1n) is 7.59. The molecule has 0 unspecified atom stereocenters. The van der Waals surface area contributed by atoms with E-state index in [1.165, 1.54) is 0 Å². The predicted octanol–water partition coefficient (Wildman–Crippen LogP) is 2.41. The molecule has 2 rings (SSSR count). The largest absolute Gasteiger partial charge is 0.455 e. The summed E-state index contributed by atoms with van der Waals surface area (Å²) in [6.45, 7) is 3.03.